The summed E-state index contributed by atoms with van der Waals surface area (Å²) in [5.41, 5.74) is 4.29. The minimum Gasteiger partial charge on any atom is -0.465 e. The summed E-state index contributed by atoms with van der Waals surface area (Å²) in [6, 6.07) is 15.7. The van der Waals surface area contributed by atoms with Crippen molar-refractivity contribution >= 4 is 52.2 Å². The van der Waals surface area contributed by atoms with Crippen LogP contribution in [0.25, 0.3) is 11.8 Å². The van der Waals surface area contributed by atoms with Crippen molar-refractivity contribution in [1.29, 1.82) is 0 Å². The van der Waals surface area contributed by atoms with Gasteiger partial charge in [-0.2, -0.15) is 0 Å². The van der Waals surface area contributed by atoms with E-state index in [1.54, 1.807) is 48.5 Å². The van der Waals surface area contributed by atoms with Crippen molar-refractivity contribution in [2.75, 3.05) is 12.0 Å². The van der Waals surface area contributed by atoms with E-state index in [4.69, 9.17) is 16.3 Å². The zero-order chi connectivity index (χ0) is 23.0. The van der Waals surface area contributed by atoms with E-state index >= 15 is 0 Å². The molecule has 1 aliphatic rings. The summed E-state index contributed by atoms with van der Waals surface area (Å²) < 4.78 is 6.80. The molecule has 1 aromatic heterocycles. The summed E-state index contributed by atoms with van der Waals surface area (Å²) in [5.74, 6) is -0.802. The molecule has 0 radical (unpaired) electrons. The number of halogens is 1. The molecule has 8 heteroatoms. The zero-order valence-electron chi connectivity index (χ0n) is 17.6. The molecule has 1 fully saturated rings. The van der Waals surface area contributed by atoms with Gasteiger partial charge >= 0.3 is 5.97 Å². The molecule has 2 amide bonds. The zero-order valence-corrected chi connectivity index (χ0v) is 19.2. The van der Waals surface area contributed by atoms with Gasteiger partial charge in [0.05, 0.1) is 23.3 Å². The molecule has 0 spiro atoms. The van der Waals surface area contributed by atoms with Crippen LogP contribution in [0.2, 0.25) is 5.02 Å². The smallest absolute Gasteiger partial charge is 0.337 e. The summed E-state index contributed by atoms with van der Waals surface area (Å²) in [6.07, 6.45) is 1.72. The number of carbonyl (C=O) groups excluding carboxylic acids is 3. The Morgan fingerprint density at radius 2 is 1.75 bits per heavy atom. The van der Waals surface area contributed by atoms with E-state index in [1.165, 1.54) is 7.11 Å². The molecule has 4 rings (SSSR count). The first-order chi connectivity index (χ1) is 15.3. The molecule has 0 atom stereocenters. The maximum Gasteiger partial charge on any atom is 0.337 e. The highest BCUT2D eigenvalue weighted by molar-refractivity contribution is 8.19. The minimum atomic E-state index is -0.413. The van der Waals surface area contributed by atoms with Crippen LogP contribution in [0.5, 0.6) is 0 Å². The number of benzene rings is 2. The third kappa shape index (κ3) is 3.97. The Labute approximate surface area is 194 Å². The number of ether oxygens (including phenoxy) is 1. The average molecular weight is 467 g/mol. The molecule has 0 N–H and O–H groups in total. The Bertz CT molecular complexity index is 1290. The van der Waals surface area contributed by atoms with Gasteiger partial charge in [0.2, 0.25) is 0 Å². The largest absolute Gasteiger partial charge is 0.465 e. The number of hydrogen-bond acceptors (Lipinski definition) is 5. The fraction of sp³-hybridized carbons (Fsp3) is 0.125. The van der Waals surface area contributed by atoms with Crippen LogP contribution in [0.15, 0.2) is 59.5 Å². The predicted molar refractivity (Wildman–Crippen MR) is 126 cm³/mol. The predicted octanol–water partition coefficient (Wildman–Crippen LogP) is 5.78. The van der Waals surface area contributed by atoms with Crippen molar-refractivity contribution in [3.05, 3.63) is 87.0 Å². The normalized spacial score (nSPS) is 15.0. The second-order valence-corrected chi connectivity index (χ2v) is 8.63. The first kappa shape index (κ1) is 21.9. The maximum atomic E-state index is 13.0. The van der Waals surface area contributed by atoms with E-state index in [0.29, 0.717) is 21.2 Å². The third-order valence-corrected chi connectivity index (χ3v) is 6.25. The van der Waals surface area contributed by atoms with Gasteiger partial charge in [-0.15, -0.1) is 0 Å². The van der Waals surface area contributed by atoms with Crippen LogP contribution in [-0.4, -0.2) is 28.8 Å². The van der Waals surface area contributed by atoms with Gasteiger partial charge in [-0.3, -0.25) is 9.59 Å². The molecule has 3 aromatic rings. The molecule has 0 saturated carbocycles. The summed E-state index contributed by atoms with van der Waals surface area (Å²) >= 11 is 6.91. The van der Waals surface area contributed by atoms with Crippen molar-refractivity contribution in [2.24, 2.45) is 0 Å². The second kappa shape index (κ2) is 8.68. The second-order valence-electron chi connectivity index (χ2n) is 7.20. The highest BCUT2D eigenvalue weighted by Crippen LogP contribution is 2.37. The van der Waals surface area contributed by atoms with E-state index in [2.05, 4.69) is 0 Å². The van der Waals surface area contributed by atoms with Crippen LogP contribution in [0.1, 0.15) is 27.3 Å². The molecule has 0 bridgehead atoms. The molecule has 1 aliphatic heterocycles. The Balaban J connectivity index is 1.70. The van der Waals surface area contributed by atoms with Crippen LogP contribution in [0.3, 0.4) is 0 Å². The number of hydrogen-bond donors (Lipinski definition) is 0. The molecular formula is C24H19ClN2O4S. The number of anilines is 1. The molecule has 2 heterocycles. The average Bonchev–Trinajstić information content (AvgIpc) is 3.21. The number of aromatic nitrogens is 1. The minimum absolute atomic E-state index is 0.332. The molecule has 0 aliphatic carbocycles. The van der Waals surface area contributed by atoms with Gasteiger partial charge in [0.25, 0.3) is 11.1 Å². The van der Waals surface area contributed by atoms with Gasteiger partial charge in [-0.25, -0.2) is 9.69 Å². The van der Waals surface area contributed by atoms with Gasteiger partial charge < -0.3 is 9.30 Å². The van der Waals surface area contributed by atoms with Gasteiger partial charge in [0.1, 0.15) is 0 Å². The van der Waals surface area contributed by atoms with Gasteiger partial charge in [-0.05, 0) is 79.7 Å². The summed E-state index contributed by atoms with van der Waals surface area (Å²) in [5, 5.41) is 0.0753. The number of nitrogens with zero attached hydrogens (tertiary/aromatic N) is 2. The summed E-state index contributed by atoms with van der Waals surface area (Å²) in [7, 11) is 1.34. The Hall–Kier alpha value is -3.29. The number of methoxy groups -OCH3 is 1. The molecule has 2 aromatic carbocycles. The van der Waals surface area contributed by atoms with Gasteiger partial charge in [0.15, 0.2) is 0 Å². The van der Waals surface area contributed by atoms with Crippen molar-refractivity contribution in [1.82, 2.24) is 4.57 Å². The number of aryl methyl sites for hydroxylation is 1. The number of thioether (sulfide) groups is 1. The lowest BCUT2D eigenvalue weighted by molar-refractivity contribution is -0.113. The van der Waals surface area contributed by atoms with Crippen molar-refractivity contribution < 1.29 is 19.1 Å². The topological polar surface area (TPSA) is 68.6 Å². The van der Waals surface area contributed by atoms with E-state index in [-0.39, 0.29) is 11.1 Å². The number of esters is 1. The highest BCUT2D eigenvalue weighted by atomic mass is 35.5. The van der Waals surface area contributed by atoms with E-state index < -0.39 is 5.97 Å². The number of imide groups is 1. The van der Waals surface area contributed by atoms with E-state index in [0.717, 1.165) is 39.3 Å². The van der Waals surface area contributed by atoms with Crippen molar-refractivity contribution in [3.8, 4) is 5.69 Å². The SMILES string of the molecule is COC(=O)c1cccc(-n2c(C)cc(/C=C3/SC(=O)N(c4cccc(Cl)c4)C3=O)c2C)c1. The van der Waals surface area contributed by atoms with Crippen LogP contribution in [0, 0.1) is 13.8 Å². The highest BCUT2D eigenvalue weighted by Gasteiger charge is 2.36. The van der Waals surface area contributed by atoms with Crippen LogP contribution in [0.4, 0.5) is 10.5 Å². The van der Waals surface area contributed by atoms with Crippen molar-refractivity contribution in [3.63, 3.8) is 0 Å². The van der Waals surface area contributed by atoms with Crippen LogP contribution in [-0.2, 0) is 9.53 Å². The molecule has 6 nitrogen and oxygen atoms in total. The molecule has 162 valence electrons. The lowest BCUT2D eigenvalue weighted by atomic mass is 10.2. The van der Waals surface area contributed by atoms with Gasteiger partial charge in [0, 0.05) is 22.1 Å². The van der Waals surface area contributed by atoms with Gasteiger partial charge in [-0.1, -0.05) is 23.7 Å². The number of carbonyl (C=O) groups is 3. The number of rotatable bonds is 4. The standard InChI is InChI=1S/C24H19ClN2O4S/c1-14-10-17(15(2)26(14)19-8-4-6-16(11-19)23(29)31-3)12-21-22(28)27(24(30)32-21)20-9-5-7-18(25)13-20/h4-13H,1-3H3/b21-12+. The van der Waals surface area contributed by atoms with Crippen LogP contribution >= 0.6 is 23.4 Å². The molecule has 0 unspecified atom stereocenters. The monoisotopic (exact) mass is 466 g/mol. The molecule has 1 saturated heterocycles. The quantitative estimate of drug-likeness (QED) is 0.360. The first-order valence-electron chi connectivity index (χ1n) is 9.71. The maximum absolute atomic E-state index is 13.0. The fourth-order valence-electron chi connectivity index (χ4n) is 3.67. The third-order valence-electron chi connectivity index (χ3n) is 5.14. The Kier molecular flexibility index (Phi) is 5.95. The Morgan fingerprint density at radius 3 is 2.47 bits per heavy atom. The molecular weight excluding hydrogens is 448 g/mol. The van der Waals surface area contributed by atoms with Crippen molar-refractivity contribution in [2.45, 2.75) is 13.8 Å². The van der Waals surface area contributed by atoms with E-state index in [1.807, 2.05) is 30.5 Å². The lowest BCUT2D eigenvalue weighted by Crippen LogP contribution is -2.27. The fourth-order valence-corrected chi connectivity index (χ4v) is 4.68. The van der Waals surface area contributed by atoms with E-state index in [9.17, 15) is 14.4 Å². The first-order valence-corrected chi connectivity index (χ1v) is 10.9. The van der Waals surface area contributed by atoms with Crippen LogP contribution < -0.4 is 4.90 Å². The summed E-state index contributed by atoms with van der Waals surface area (Å²) in [6.45, 7) is 3.86. The summed E-state index contributed by atoms with van der Waals surface area (Å²) in [4.78, 5) is 38.9. The molecule has 32 heavy (non-hydrogen) atoms. The number of amides is 2. The lowest BCUT2D eigenvalue weighted by Gasteiger charge is -2.12. The Morgan fingerprint density at radius 1 is 1.03 bits per heavy atom.